The lowest BCUT2D eigenvalue weighted by Gasteiger charge is -2.46. The number of benzene rings is 1. The van der Waals surface area contributed by atoms with Gasteiger partial charge in [-0.1, -0.05) is 29.6 Å². The molecule has 3 rings (SSSR count). The molecule has 0 radical (unpaired) electrons. The van der Waals surface area contributed by atoms with Crippen molar-refractivity contribution in [1.29, 1.82) is 0 Å². The van der Waals surface area contributed by atoms with Crippen LogP contribution in [-0.2, 0) is 0 Å². The fraction of sp³-hybridized carbons (Fsp3) is 0.429. The maximum absolute atomic E-state index is 6.47. The van der Waals surface area contributed by atoms with Gasteiger partial charge in [-0.3, -0.25) is 4.90 Å². The molecular formula is C14H16BrCl2N5. The standard InChI is InChI=1S/C14H16BrCl2N5/c15-9-6-8(16)7-10(11(9)17)22-13(19)20-12(18)21-14(22)4-2-1-3-5-14/h6-7H,1-5H2,(H4,18,19,20,21). The molecule has 1 aliphatic carbocycles. The average molecular weight is 405 g/mol. The molecule has 0 atom stereocenters. The van der Waals surface area contributed by atoms with Crippen LogP contribution in [0.15, 0.2) is 26.6 Å². The van der Waals surface area contributed by atoms with Crippen LogP contribution in [0.4, 0.5) is 5.69 Å². The van der Waals surface area contributed by atoms with Crippen molar-refractivity contribution in [2.75, 3.05) is 4.90 Å². The van der Waals surface area contributed by atoms with Crippen LogP contribution in [0.3, 0.4) is 0 Å². The smallest absolute Gasteiger partial charge is 0.220 e. The van der Waals surface area contributed by atoms with E-state index in [0.29, 0.717) is 26.2 Å². The summed E-state index contributed by atoms with van der Waals surface area (Å²) in [7, 11) is 0. The Labute approximate surface area is 147 Å². The van der Waals surface area contributed by atoms with Crippen molar-refractivity contribution in [2.24, 2.45) is 21.5 Å². The van der Waals surface area contributed by atoms with Crippen LogP contribution in [0.1, 0.15) is 32.1 Å². The van der Waals surface area contributed by atoms with Gasteiger partial charge in [-0.05, 0) is 53.7 Å². The first-order valence-electron chi connectivity index (χ1n) is 7.07. The molecule has 0 aromatic heterocycles. The Kier molecular flexibility index (Phi) is 4.27. The zero-order chi connectivity index (χ0) is 15.9. The van der Waals surface area contributed by atoms with Crippen molar-refractivity contribution in [3.8, 4) is 0 Å². The van der Waals surface area contributed by atoms with E-state index in [2.05, 4.69) is 25.9 Å². The Hall–Kier alpha value is -0.980. The van der Waals surface area contributed by atoms with Crippen LogP contribution in [0.25, 0.3) is 0 Å². The number of nitrogens with two attached hydrogens (primary N) is 2. The predicted octanol–water partition coefficient (Wildman–Crippen LogP) is 3.87. The van der Waals surface area contributed by atoms with E-state index in [1.165, 1.54) is 6.42 Å². The zero-order valence-corrected chi connectivity index (χ0v) is 14.9. The molecule has 0 amide bonds. The fourth-order valence-corrected chi connectivity index (χ4v) is 4.16. The molecule has 4 N–H and O–H groups in total. The van der Waals surface area contributed by atoms with Crippen LogP contribution in [0, 0.1) is 0 Å². The number of halogens is 3. The van der Waals surface area contributed by atoms with Crippen molar-refractivity contribution in [2.45, 2.75) is 37.8 Å². The molecule has 1 saturated carbocycles. The number of aliphatic imine (C=N–C) groups is 2. The molecule has 8 heteroatoms. The summed E-state index contributed by atoms with van der Waals surface area (Å²) >= 11 is 16.1. The van der Waals surface area contributed by atoms with Crippen molar-refractivity contribution in [3.63, 3.8) is 0 Å². The number of anilines is 1. The first-order chi connectivity index (χ1) is 10.4. The Morgan fingerprint density at radius 2 is 1.82 bits per heavy atom. The van der Waals surface area contributed by atoms with E-state index in [1.54, 1.807) is 12.1 Å². The van der Waals surface area contributed by atoms with Crippen molar-refractivity contribution >= 4 is 56.7 Å². The van der Waals surface area contributed by atoms with Gasteiger partial charge in [-0.25, -0.2) is 4.99 Å². The number of guanidine groups is 2. The molecule has 2 aliphatic rings. The molecule has 22 heavy (non-hydrogen) atoms. The Balaban J connectivity index is 2.16. The lowest BCUT2D eigenvalue weighted by Crippen LogP contribution is -2.58. The largest absolute Gasteiger partial charge is 0.369 e. The van der Waals surface area contributed by atoms with E-state index in [1.807, 2.05) is 4.90 Å². The summed E-state index contributed by atoms with van der Waals surface area (Å²) in [6, 6.07) is 3.53. The van der Waals surface area contributed by atoms with E-state index in [9.17, 15) is 0 Å². The normalized spacial score (nSPS) is 20.8. The van der Waals surface area contributed by atoms with E-state index < -0.39 is 5.66 Å². The molecule has 5 nitrogen and oxygen atoms in total. The van der Waals surface area contributed by atoms with Gasteiger partial charge in [0.25, 0.3) is 0 Å². The minimum atomic E-state index is -0.526. The second kappa shape index (κ2) is 5.91. The Morgan fingerprint density at radius 3 is 2.50 bits per heavy atom. The molecule has 0 saturated heterocycles. The lowest BCUT2D eigenvalue weighted by atomic mass is 9.87. The average Bonchev–Trinajstić information content (AvgIpc) is 2.44. The summed E-state index contributed by atoms with van der Waals surface area (Å²) in [5.41, 5.74) is 12.2. The number of nitrogens with zero attached hydrogens (tertiary/aromatic N) is 3. The molecule has 1 heterocycles. The van der Waals surface area contributed by atoms with Crippen LogP contribution in [0.2, 0.25) is 10.0 Å². The van der Waals surface area contributed by atoms with Crippen LogP contribution >= 0.6 is 39.1 Å². The molecule has 1 aromatic carbocycles. The third-order valence-electron chi connectivity index (χ3n) is 4.07. The molecular weight excluding hydrogens is 389 g/mol. The molecule has 1 fully saturated rings. The van der Waals surface area contributed by atoms with Gasteiger partial charge in [0.2, 0.25) is 11.9 Å². The van der Waals surface area contributed by atoms with Gasteiger partial charge >= 0.3 is 0 Å². The summed E-state index contributed by atoms with van der Waals surface area (Å²) < 4.78 is 0.706. The highest BCUT2D eigenvalue weighted by Crippen LogP contribution is 2.44. The second-order valence-corrected chi connectivity index (χ2v) is 7.21. The van der Waals surface area contributed by atoms with E-state index in [-0.39, 0.29) is 5.96 Å². The van der Waals surface area contributed by atoms with Gasteiger partial charge < -0.3 is 11.5 Å². The molecule has 1 aromatic rings. The van der Waals surface area contributed by atoms with Gasteiger partial charge in [0.1, 0.15) is 5.66 Å². The number of hydrogen-bond donors (Lipinski definition) is 2. The summed E-state index contributed by atoms with van der Waals surface area (Å²) in [5.74, 6) is 0.512. The zero-order valence-electron chi connectivity index (χ0n) is 11.8. The van der Waals surface area contributed by atoms with Gasteiger partial charge in [-0.2, -0.15) is 4.99 Å². The highest BCUT2D eigenvalue weighted by Gasteiger charge is 2.43. The molecule has 1 aliphatic heterocycles. The van der Waals surface area contributed by atoms with Gasteiger partial charge in [0, 0.05) is 9.50 Å². The fourth-order valence-electron chi connectivity index (χ4n) is 3.17. The van der Waals surface area contributed by atoms with Crippen molar-refractivity contribution in [1.82, 2.24) is 0 Å². The maximum Gasteiger partial charge on any atom is 0.220 e. The second-order valence-electron chi connectivity index (χ2n) is 5.54. The van der Waals surface area contributed by atoms with Crippen molar-refractivity contribution in [3.05, 3.63) is 26.7 Å². The Morgan fingerprint density at radius 1 is 1.14 bits per heavy atom. The van der Waals surface area contributed by atoms with E-state index in [0.717, 1.165) is 25.7 Å². The van der Waals surface area contributed by atoms with Crippen LogP contribution in [0.5, 0.6) is 0 Å². The van der Waals surface area contributed by atoms with Crippen LogP contribution in [-0.4, -0.2) is 17.6 Å². The third kappa shape index (κ3) is 2.68. The third-order valence-corrected chi connectivity index (χ3v) is 5.54. The van der Waals surface area contributed by atoms with Gasteiger partial charge in [0.15, 0.2) is 0 Å². The summed E-state index contributed by atoms with van der Waals surface area (Å²) in [6.45, 7) is 0. The highest BCUT2D eigenvalue weighted by molar-refractivity contribution is 9.10. The predicted molar refractivity (Wildman–Crippen MR) is 95.7 cm³/mol. The van der Waals surface area contributed by atoms with E-state index in [4.69, 9.17) is 34.7 Å². The highest BCUT2D eigenvalue weighted by atomic mass is 79.9. The minimum absolute atomic E-state index is 0.216. The molecule has 118 valence electrons. The topological polar surface area (TPSA) is 80.0 Å². The minimum Gasteiger partial charge on any atom is -0.369 e. The van der Waals surface area contributed by atoms with Crippen molar-refractivity contribution < 1.29 is 0 Å². The first kappa shape index (κ1) is 15.9. The lowest BCUT2D eigenvalue weighted by molar-refractivity contribution is 0.305. The van der Waals surface area contributed by atoms with Crippen LogP contribution < -0.4 is 16.4 Å². The maximum atomic E-state index is 6.47. The van der Waals surface area contributed by atoms with Gasteiger partial charge in [0.05, 0.1) is 10.7 Å². The molecule has 0 bridgehead atoms. The summed E-state index contributed by atoms with van der Waals surface area (Å²) in [6.07, 6.45) is 4.99. The SMILES string of the molecule is NC1=NC2(CCCCC2)N(c2cc(Cl)cc(Br)c2Cl)C(N)=N1. The summed E-state index contributed by atoms with van der Waals surface area (Å²) in [4.78, 5) is 10.6. The quantitative estimate of drug-likeness (QED) is 0.697. The summed E-state index contributed by atoms with van der Waals surface area (Å²) in [5, 5.41) is 1.09. The molecule has 0 unspecified atom stereocenters. The Bertz CT molecular complexity index is 667. The number of rotatable bonds is 1. The first-order valence-corrected chi connectivity index (χ1v) is 8.62. The van der Waals surface area contributed by atoms with Gasteiger partial charge in [-0.15, -0.1) is 0 Å². The molecule has 1 spiro atoms. The monoisotopic (exact) mass is 403 g/mol. The number of hydrogen-bond acceptors (Lipinski definition) is 5. The van der Waals surface area contributed by atoms with E-state index >= 15 is 0 Å².